The van der Waals surface area contributed by atoms with Gasteiger partial charge in [0.2, 0.25) is 5.91 Å². The normalized spacial score (nSPS) is 22.6. The number of amides is 1. The molecule has 1 amide bonds. The van der Waals surface area contributed by atoms with Crippen LogP contribution in [0.2, 0.25) is 0 Å². The van der Waals surface area contributed by atoms with Gasteiger partial charge in [0.25, 0.3) is 0 Å². The number of H-pyrrole nitrogens is 1. The lowest BCUT2D eigenvalue weighted by Crippen LogP contribution is -2.63. The minimum Gasteiger partial charge on any atom is -0.384 e. The molecule has 2 aromatic heterocycles. The van der Waals surface area contributed by atoms with Crippen LogP contribution in [-0.4, -0.2) is 75.5 Å². The van der Waals surface area contributed by atoms with Crippen LogP contribution in [0, 0.1) is 0 Å². The van der Waals surface area contributed by atoms with E-state index in [9.17, 15) is 36.2 Å². The summed E-state index contributed by atoms with van der Waals surface area (Å²) >= 11 is 1.53. The summed E-state index contributed by atoms with van der Waals surface area (Å²) in [6, 6.07) is 2.58. The van der Waals surface area contributed by atoms with Crippen molar-refractivity contribution >= 4 is 34.0 Å². The van der Waals surface area contributed by atoms with E-state index in [1.807, 2.05) is 6.92 Å². The summed E-state index contributed by atoms with van der Waals surface area (Å²) in [6.45, 7) is 0.779. The molecule has 224 valence electrons. The van der Waals surface area contributed by atoms with E-state index in [2.05, 4.69) is 25.4 Å². The van der Waals surface area contributed by atoms with Crippen LogP contribution in [-0.2, 0) is 23.0 Å². The number of hydrogen-bond acceptors (Lipinski definition) is 7. The average molecular weight is 605 g/mol. The maximum Gasteiger partial charge on any atom is 0.416 e. The van der Waals surface area contributed by atoms with Gasteiger partial charge in [-0.25, -0.2) is 4.98 Å². The Bertz CT molecular complexity index is 1370. The molecular formula is C26H30F6N6O2S. The summed E-state index contributed by atoms with van der Waals surface area (Å²) in [5, 5.41) is 20.9. The number of carbonyl (C=O) groups excluding carboxylic acids is 1. The van der Waals surface area contributed by atoms with E-state index in [0.29, 0.717) is 30.8 Å². The number of carbonyl (C=O) groups is 1. The molecule has 3 heterocycles. The lowest BCUT2D eigenvalue weighted by Gasteiger charge is -2.48. The summed E-state index contributed by atoms with van der Waals surface area (Å²) in [5.41, 5.74) is -1.80. The van der Waals surface area contributed by atoms with E-state index >= 15 is 0 Å². The fraction of sp³-hybridized carbons (Fsp3) is 0.577. The molecule has 3 aromatic rings. The number of likely N-dealkylation sites (tertiary alicyclic amines) is 1. The van der Waals surface area contributed by atoms with Gasteiger partial charge in [-0.05, 0) is 50.3 Å². The number of anilines is 1. The summed E-state index contributed by atoms with van der Waals surface area (Å²) in [7, 11) is 0. The summed E-state index contributed by atoms with van der Waals surface area (Å²) in [5.74, 6) is -1.06. The highest BCUT2D eigenvalue weighted by atomic mass is 32.1. The molecule has 0 bridgehead atoms. The lowest BCUT2D eigenvalue weighted by molar-refractivity contribution is -0.137. The van der Waals surface area contributed by atoms with Crippen molar-refractivity contribution in [3.63, 3.8) is 0 Å². The molecule has 2 aliphatic rings. The number of thiazole rings is 1. The van der Waals surface area contributed by atoms with Crippen LogP contribution in [0.1, 0.15) is 48.1 Å². The third kappa shape index (κ3) is 6.61. The van der Waals surface area contributed by atoms with E-state index in [0.717, 1.165) is 47.3 Å². The summed E-state index contributed by atoms with van der Waals surface area (Å²) in [6.07, 6.45) is -4.13. The topological polar surface area (TPSA) is 97.4 Å². The van der Waals surface area contributed by atoms with Crippen molar-refractivity contribution in [2.45, 2.75) is 69.1 Å². The lowest BCUT2D eigenvalue weighted by atomic mass is 9.80. The van der Waals surface area contributed by atoms with Gasteiger partial charge in [0, 0.05) is 30.7 Å². The van der Waals surface area contributed by atoms with Gasteiger partial charge in [0.15, 0.2) is 5.82 Å². The van der Waals surface area contributed by atoms with E-state index in [-0.39, 0.29) is 28.8 Å². The Morgan fingerprint density at radius 1 is 1.22 bits per heavy atom. The molecule has 0 radical (unpaired) electrons. The molecule has 15 heteroatoms. The van der Waals surface area contributed by atoms with Gasteiger partial charge in [-0.1, -0.05) is 6.92 Å². The number of aromatic nitrogens is 3. The first kappa shape index (κ1) is 29.6. The van der Waals surface area contributed by atoms with Crippen LogP contribution in [0.4, 0.5) is 32.2 Å². The van der Waals surface area contributed by atoms with E-state index < -0.39 is 42.5 Å². The highest BCUT2D eigenvalue weighted by Crippen LogP contribution is 2.41. The number of hydrogen-bond donors (Lipinski definition) is 3. The number of fused-ring (bicyclic) bond motifs is 1. The van der Waals surface area contributed by atoms with Gasteiger partial charge in [0.1, 0.15) is 12.1 Å². The Morgan fingerprint density at radius 3 is 2.54 bits per heavy atom. The Kier molecular flexibility index (Phi) is 7.98. The van der Waals surface area contributed by atoms with Crippen LogP contribution in [0.15, 0.2) is 24.4 Å². The van der Waals surface area contributed by atoms with Crippen molar-refractivity contribution in [2.75, 3.05) is 31.1 Å². The van der Waals surface area contributed by atoms with Gasteiger partial charge in [-0.3, -0.25) is 14.8 Å². The monoisotopic (exact) mass is 604 g/mol. The molecule has 5 rings (SSSR count). The van der Waals surface area contributed by atoms with Crippen molar-refractivity contribution in [1.29, 1.82) is 0 Å². The second kappa shape index (κ2) is 11.1. The van der Waals surface area contributed by atoms with Gasteiger partial charge in [0.05, 0.1) is 33.6 Å². The fourth-order valence-corrected chi connectivity index (χ4v) is 6.57. The summed E-state index contributed by atoms with van der Waals surface area (Å²) < 4.78 is 79.8. The van der Waals surface area contributed by atoms with E-state index in [1.54, 1.807) is 6.20 Å². The SMILES string of the molecule is CCc1ncc(C2(O)CCC(N3CC(NC(=O)CN(CC(F)(F)F)c4n[nH]c5ccc(C(F)(F)F)cc45)C3)CC2)s1. The Balaban J connectivity index is 1.17. The molecule has 0 spiro atoms. The number of nitrogens with one attached hydrogen (secondary N) is 2. The molecule has 2 fully saturated rings. The van der Waals surface area contributed by atoms with Crippen LogP contribution < -0.4 is 10.2 Å². The first-order chi connectivity index (χ1) is 19.2. The number of nitrogens with zero attached hydrogens (tertiary/aromatic N) is 4. The molecule has 0 atom stereocenters. The molecule has 1 saturated carbocycles. The van der Waals surface area contributed by atoms with Gasteiger partial charge in [-0.2, -0.15) is 31.4 Å². The largest absolute Gasteiger partial charge is 0.416 e. The predicted octanol–water partition coefficient (Wildman–Crippen LogP) is 4.60. The van der Waals surface area contributed by atoms with Crippen molar-refractivity contribution in [3.8, 4) is 0 Å². The van der Waals surface area contributed by atoms with E-state index in [4.69, 9.17) is 0 Å². The Hall–Kier alpha value is -2.91. The highest BCUT2D eigenvalue weighted by Gasteiger charge is 2.42. The maximum absolute atomic E-state index is 13.4. The molecule has 1 aromatic carbocycles. The molecule has 8 nitrogen and oxygen atoms in total. The molecule has 1 saturated heterocycles. The van der Waals surface area contributed by atoms with Crippen molar-refractivity contribution in [3.05, 3.63) is 39.8 Å². The summed E-state index contributed by atoms with van der Waals surface area (Å²) in [4.78, 5) is 20.8. The van der Waals surface area contributed by atoms with E-state index in [1.165, 1.54) is 11.3 Å². The molecule has 3 N–H and O–H groups in total. The van der Waals surface area contributed by atoms with Crippen molar-refractivity contribution < 1.29 is 36.2 Å². The third-order valence-electron chi connectivity index (χ3n) is 7.76. The van der Waals surface area contributed by atoms with Gasteiger partial charge in [-0.15, -0.1) is 11.3 Å². The Labute approximate surface area is 235 Å². The average Bonchev–Trinajstić information content (AvgIpc) is 3.52. The van der Waals surface area contributed by atoms with Crippen LogP contribution >= 0.6 is 11.3 Å². The number of aliphatic hydroxyl groups is 1. The predicted molar refractivity (Wildman–Crippen MR) is 141 cm³/mol. The second-order valence-corrected chi connectivity index (χ2v) is 11.8. The first-order valence-electron chi connectivity index (χ1n) is 13.3. The number of halogens is 6. The smallest absolute Gasteiger partial charge is 0.384 e. The zero-order chi connectivity index (χ0) is 29.6. The number of rotatable bonds is 8. The van der Waals surface area contributed by atoms with Gasteiger partial charge >= 0.3 is 12.4 Å². The highest BCUT2D eigenvalue weighted by molar-refractivity contribution is 7.11. The van der Waals surface area contributed by atoms with Crippen LogP contribution in [0.5, 0.6) is 0 Å². The molecule has 0 unspecified atom stereocenters. The van der Waals surface area contributed by atoms with Crippen LogP contribution in [0.3, 0.4) is 0 Å². The zero-order valence-electron chi connectivity index (χ0n) is 22.1. The number of aromatic amines is 1. The molecule has 1 aliphatic carbocycles. The standard InChI is InChI=1S/C26H30F6N6O2S/c1-2-22-33-10-20(41-22)24(40)7-5-17(6-8-24)37-11-16(12-37)34-21(39)13-38(14-25(27,28)29)23-18-9-15(26(30,31)32)3-4-19(18)35-36-23/h3-4,9-10,16-17,40H,2,5-8,11-14H2,1H3,(H,34,39)(H,35,36). The first-order valence-corrected chi connectivity index (χ1v) is 14.1. The maximum atomic E-state index is 13.4. The minimum absolute atomic E-state index is 0.121. The number of alkyl halides is 6. The second-order valence-electron chi connectivity index (χ2n) is 10.7. The van der Waals surface area contributed by atoms with Crippen molar-refractivity contribution in [2.24, 2.45) is 0 Å². The van der Waals surface area contributed by atoms with Gasteiger partial charge < -0.3 is 15.3 Å². The van der Waals surface area contributed by atoms with Crippen molar-refractivity contribution in [1.82, 2.24) is 25.4 Å². The minimum atomic E-state index is -4.72. The third-order valence-corrected chi connectivity index (χ3v) is 9.10. The number of benzene rings is 1. The Morgan fingerprint density at radius 2 is 1.93 bits per heavy atom. The quantitative estimate of drug-likeness (QED) is 0.326. The van der Waals surface area contributed by atoms with Crippen LogP contribution in [0.25, 0.3) is 10.9 Å². The molecular weight excluding hydrogens is 574 g/mol. The fourth-order valence-electron chi connectivity index (χ4n) is 5.57. The zero-order valence-corrected chi connectivity index (χ0v) is 23.0. The molecule has 41 heavy (non-hydrogen) atoms. The molecule has 1 aliphatic heterocycles. The number of aryl methyl sites for hydroxylation is 1.